The number of nitrogens with zero attached hydrogens (tertiary/aromatic N) is 2. The second kappa shape index (κ2) is 6.00. The first-order chi connectivity index (χ1) is 8.44. The fraction of sp³-hybridized carbons (Fsp3) is 0.692. The van der Waals surface area contributed by atoms with Crippen LogP contribution in [-0.4, -0.2) is 27.5 Å². The molecule has 1 rings (SSSR count). The lowest BCUT2D eigenvalue weighted by Gasteiger charge is -2.31. The largest absolute Gasteiger partial charge is 0.368 e. The number of imidazole rings is 1. The molecule has 0 aliphatic heterocycles. The summed E-state index contributed by atoms with van der Waals surface area (Å²) >= 11 is 0. The lowest BCUT2D eigenvalue weighted by molar-refractivity contribution is -0.124. The summed E-state index contributed by atoms with van der Waals surface area (Å²) in [5.74, 6) is 0.722. The summed E-state index contributed by atoms with van der Waals surface area (Å²) in [5.41, 5.74) is 4.83. The lowest BCUT2D eigenvalue weighted by Crippen LogP contribution is -2.54. The van der Waals surface area contributed by atoms with Gasteiger partial charge in [0.05, 0.1) is 5.54 Å². The number of aryl methyl sites for hydroxylation is 1. The van der Waals surface area contributed by atoms with Crippen molar-refractivity contribution in [2.75, 3.05) is 6.54 Å². The van der Waals surface area contributed by atoms with E-state index in [2.05, 4.69) is 28.7 Å². The first-order valence-electron chi connectivity index (χ1n) is 6.51. The molecule has 2 unspecified atom stereocenters. The third-order valence-corrected chi connectivity index (χ3v) is 3.35. The average molecular weight is 252 g/mol. The number of carbonyl (C=O) groups excluding carboxylic acids is 1. The monoisotopic (exact) mass is 252 g/mol. The molecule has 0 radical (unpaired) electrons. The number of likely N-dealkylation sites (N-methyl/N-ethyl adjacent to an activating group) is 1. The minimum Gasteiger partial charge on any atom is -0.368 e. The molecule has 1 heterocycles. The van der Waals surface area contributed by atoms with Gasteiger partial charge >= 0.3 is 0 Å². The van der Waals surface area contributed by atoms with Crippen molar-refractivity contribution in [3.8, 4) is 0 Å². The van der Waals surface area contributed by atoms with Crippen molar-refractivity contribution in [2.45, 2.75) is 52.1 Å². The summed E-state index contributed by atoms with van der Waals surface area (Å²) in [7, 11) is 0. The summed E-state index contributed by atoms with van der Waals surface area (Å²) < 4.78 is 2.11. The molecule has 18 heavy (non-hydrogen) atoms. The Morgan fingerprint density at radius 2 is 2.28 bits per heavy atom. The highest BCUT2D eigenvalue weighted by Crippen LogP contribution is 2.22. The predicted molar refractivity (Wildman–Crippen MR) is 72.2 cm³/mol. The van der Waals surface area contributed by atoms with Gasteiger partial charge in [0.15, 0.2) is 0 Å². The molecule has 5 nitrogen and oxygen atoms in total. The Labute approximate surface area is 109 Å². The molecule has 1 aromatic rings. The van der Waals surface area contributed by atoms with Crippen LogP contribution in [0.5, 0.6) is 0 Å². The topological polar surface area (TPSA) is 72.9 Å². The van der Waals surface area contributed by atoms with Crippen molar-refractivity contribution in [3.05, 3.63) is 18.2 Å². The van der Waals surface area contributed by atoms with Crippen LogP contribution in [0.15, 0.2) is 12.4 Å². The molecule has 1 aromatic heterocycles. The third kappa shape index (κ3) is 3.10. The second-order valence-corrected chi connectivity index (χ2v) is 4.88. The molecule has 0 spiro atoms. The molecule has 102 valence electrons. The first-order valence-corrected chi connectivity index (χ1v) is 6.51. The standard InChI is InChI=1S/C13H24N4O/c1-5-11-15-7-8-17(11)10(3)9-13(4,12(14)18)16-6-2/h7-8,10,16H,5-6,9H2,1-4H3,(H2,14,18). The molecular weight excluding hydrogens is 228 g/mol. The van der Waals surface area contributed by atoms with Gasteiger partial charge in [-0.3, -0.25) is 4.79 Å². The van der Waals surface area contributed by atoms with E-state index < -0.39 is 5.54 Å². The maximum Gasteiger partial charge on any atom is 0.237 e. The Balaban J connectivity index is 2.85. The molecule has 3 N–H and O–H groups in total. The molecule has 1 amide bonds. The van der Waals surface area contributed by atoms with Crippen LogP contribution >= 0.6 is 0 Å². The number of carbonyl (C=O) groups is 1. The minimum absolute atomic E-state index is 0.180. The van der Waals surface area contributed by atoms with Crippen LogP contribution in [0.4, 0.5) is 0 Å². The predicted octanol–water partition coefficient (Wildman–Crippen LogP) is 1.25. The van der Waals surface area contributed by atoms with Gasteiger partial charge in [0.25, 0.3) is 0 Å². The minimum atomic E-state index is -0.677. The van der Waals surface area contributed by atoms with Gasteiger partial charge in [-0.2, -0.15) is 0 Å². The van der Waals surface area contributed by atoms with Crippen LogP contribution in [0.3, 0.4) is 0 Å². The number of primary amides is 1. The molecule has 0 aliphatic rings. The van der Waals surface area contributed by atoms with E-state index in [1.54, 1.807) is 6.20 Å². The summed E-state index contributed by atoms with van der Waals surface area (Å²) in [5, 5.41) is 3.18. The van der Waals surface area contributed by atoms with Crippen molar-refractivity contribution in [3.63, 3.8) is 0 Å². The SMILES string of the molecule is CCNC(C)(CC(C)n1ccnc1CC)C(N)=O. The molecule has 5 heteroatoms. The van der Waals surface area contributed by atoms with E-state index in [4.69, 9.17) is 5.73 Å². The Bertz CT molecular complexity index is 401. The molecule has 0 fully saturated rings. The Morgan fingerprint density at radius 1 is 1.61 bits per heavy atom. The van der Waals surface area contributed by atoms with E-state index in [-0.39, 0.29) is 11.9 Å². The fourth-order valence-corrected chi connectivity index (χ4v) is 2.36. The first kappa shape index (κ1) is 14.7. The maximum atomic E-state index is 11.6. The molecule has 0 aromatic carbocycles. The second-order valence-electron chi connectivity index (χ2n) is 4.88. The number of hydrogen-bond donors (Lipinski definition) is 2. The maximum absolute atomic E-state index is 11.6. The van der Waals surface area contributed by atoms with Gasteiger partial charge < -0.3 is 15.6 Å². The van der Waals surface area contributed by atoms with Crippen molar-refractivity contribution < 1.29 is 4.79 Å². The van der Waals surface area contributed by atoms with Gasteiger partial charge in [-0.05, 0) is 26.8 Å². The fourth-order valence-electron chi connectivity index (χ4n) is 2.36. The van der Waals surface area contributed by atoms with Gasteiger partial charge in [0.1, 0.15) is 5.82 Å². The number of rotatable bonds is 7. The van der Waals surface area contributed by atoms with Crippen LogP contribution in [0.2, 0.25) is 0 Å². The highest BCUT2D eigenvalue weighted by Gasteiger charge is 2.32. The third-order valence-electron chi connectivity index (χ3n) is 3.35. The van der Waals surface area contributed by atoms with E-state index in [1.165, 1.54) is 0 Å². The highest BCUT2D eigenvalue weighted by atomic mass is 16.1. The Morgan fingerprint density at radius 3 is 2.78 bits per heavy atom. The quantitative estimate of drug-likeness (QED) is 0.767. The van der Waals surface area contributed by atoms with Crippen LogP contribution in [-0.2, 0) is 11.2 Å². The molecule has 0 saturated heterocycles. The molecule has 0 aliphatic carbocycles. The van der Waals surface area contributed by atoms with Crippen LogP contribution in [0, 0.1) is 0 Å². The van der Waals surface area contributed by atoms with Crippen molar-refractivity contribution >= 4 is 5.91 Å². The zero-order valence-corrected chi connectivity index (χ0v) is 11.7. The number of nitrogens with two attached hydrogens (primary N) is 1. The van der Waals surface area contributed by atoms with E-state index in [0.29, 0.717) is 6.42 Å². The number of aromatic nitrogens is 2. The highest BCUT2D eigenvalue weighted by molar-refractivity contribution is 5.84. The van der Waals surface area contributed by atoms with Gasteiger partial charge in [0, 0.05) is 24.9 Å². The Hall–Kier alpha value is -1.36. The van der Waals surface area contributed by atoms with Crippen molar-refractivity contribution in [1.82, 2.24) is 14.9 Å². The van der Waals surface area contributed by atoms with Gasteiger partial charge in [-0.25, -0.2) is 4.98 Å². The van der Waals surface area contributed by atoms with Gasteiger partial charge in [-0.15, -0.1) is 0 Å². The normalized spacial score (nSPS) is 16.2. The van der Waals surface area contributed by atoms with Crippen LogP contribution in [0.25, 0.3) is 0 Å². The van der Waals surface area contributed by atoms with Gasteiger partial charge in [0.2, 0.25) is 5.91 Å². The van der Waals surface area contributed by atoms with Gasteiger partial charge in [-0.1, -0.05) is 13.8 Å². The zero-order valence-electron chi connectivity index (χ0n) is 11.7. The lowest BCUT2D eigenvalue weighted by atomic mass is 9.92. The van der Waals surface area contributed by atoms with Crippen molar-refractivity contribution in [1.29, 1.82) is 0 Å². The van der Waals surface area contributed by atoms with Crippen LogP contribution < -0.4 is 11.1 Å². The number of nitrogens with one attached hydrogen (secondary N) is 1. The molecule has 2 atom stereocenters. The summed E-state index contributed by atoms with van der Waals surface area (Å²) in [4.78, 5) is 15.9. The number of hydrogen-bond acceptors (Lipinski definition) is 3. The van der Waals surface area contributed by atoms with E-state index >= 15 is 0 Å². The summed E-state index contributed by atoms with van der Waals surface area (Å²) in [6.45, 7) is 8.71. The summed E-state index contributed by atoms with van der Waals surface area (Å²) in [6, 6.07) is 0.180. The van der Waals surface area contributed by atoms with E-state index in [0.717, 1.165) is 18.8 Å². The Kier molecular flexibility index (Phi) is 4.90. The number of amides is 1. The molecular formula is C13H24N4O. The smallest absolute Gasteiger partial charge is 0.237 e. The molecule has 0 saturated carbocycles. The van der Waals surface area contributed by atoms with E-state index in [9.17, 15) is 4.79 Å². The van der Waals surface area contributed by atoms with Crippen LogP contribution in [0.1, 0.15) is 46.0 Å². The average Bonchev–Trinajstić information content (AvgIpc) is 2.76. The zero-order chi connectivity index (χ0) is 13.8. The van der Waals surface area contributed by atoms with E-state index in [1.807, 2.05) is 20.0 Å². The molecule has 0 bridgehead atoms. The van der Waals surface area contributed by atoms with Crippen molar-refractivity contribution in [2.24, 2.45) is 5.73 Å². The summed E-state index contributed by atoms with van der Waals surface area (Å²) in [6.07, 6.45) is 5.28.